The number of nitrogens with one attached hydrogen (secondary N) is 1. The summed E-state index contributed by atoms with van der Waals surface area (Å²) >= 11 is 0. The molecule has 3 N–H and O–H groups in total. The first kappa shape index (κ1) is 4.43. The van der Waals surface area contributed by atoms with E-state index >= 15 is 0 Å². The van der Waals surface area contributed by atoms with Crippen molar-refractivity contribution in [2.45, 2.75) is 0 Å². The number of hydrogen-bond acceptors (Lipinski definition) is 2. The third kappa shape index (κ3) is 3.43. The molecular weight excluding hydrogens is 68.0 g/mol. The maximum Gasteiger partial charge on any atom is 0.208 e. The van der Waals surface area contributed by atoms with Crippen molar-refractivity contribution in [2.24, 2.45) is 5.73 Å². The smallest absolute Gasteiger partial charge is 0.208 e. The second-order valence-electron chi connectivity index (χ2n) is 0.526. The molecule has 0 atom stereocenters. The Bertz CT molecular complexity index is 28.8. The fourth-order valence-electron chi connectivity index (χ4n) is 0.0481. The molecule has 0 aromatic carbocycles. The van der Waals surface area contributed by atoms with Crippen LogP contribution in [-0.4, -0.2) is 13.1 Å². The highest BCUT2D eigenvalue weighted by atomic mass is 16.1. The molecule has 30 valence electrons. The summed E-state index contributed by atoms with van der Waals surface area (Å²) < 4.78 is 0. The first-order valence-electron chi connectivity index (χ1n) is 1.29. The molecule has 0 rings (SSSR count). The lowest BCUT2D eigenvalue weighted by Crippen LogP contribution is -2.19. The van der Waals surface area contributed by atoms with E-state index in [1.54, 1.807) is 0 Å². The van der Waals surface area contributed by atoms with Crippen molar-refractivity contribution in [3.8, 4) is 0 Å². The molecule has 0 aliphatic carbocycles. The molecule has 3 heteroatoms. The Kier molecular flexibility index (Phi) is 3.04. The van der Waals surface area contributed by atoms with Crippen molar-refractivity contribution >= 4 is 6.41 Å². The molecule has 1 amide bonds. The molecule has 0 saturated carbocycles. The highest BCUT2D eigenvalue weighted by molar-refractivity contribution is 5.45. The first-order chi connectivity index (χ1) is 2.41. The lowest BCUT2D eigenvalue weighted by Gasteiger charge is -1.79. The van der Waals surface area contributed by atoms with Crippen molar-refractivity contribution in [1.82, 2.24) is 5.32 Å². The number of carbonyl (C=O) groups is 1. The van der Waals surface area contributed by atoms with Gasteiger partial charge in [-0.3, -0.25) is 4.79 Å². The quantitative estimate of drug-likeness (QED) is 0.314. The average molecular weight is 74.1 g/mol. The predicted octanol–water partition coefficient (Wildman–Crippen LogP) is -1.35. The number of amides is 1. The summed E-state index contributed by atoms with van der Waals surface area (Å²) in [6.45, 7) is 0.226. The molecule has 0 aliphatic heterocycles. The van der Waals surface area contributed by atoms with Crippen LogP contribution in [0.3, 0.4) is 0 Å². The lowest BCUT2D eigenvalue weighted by atomic mass is 11.1. The van der Waals surface area contributed by atoms with Crippen molar-refractivity contribution in [2.75, 3.05) is 6.67 Å². The Balaban J connectivity index is 2.40. The zero-order valence-electron chi connectivity index (χ0n) is 2.77. The molecule has 0 radical (unpaired) electrons. The zero-order valence-corrected chi connectivity index (χ0v) is 2.77. The van der Waals surface area contributed by atoms with E-state index in [0.717, 1.165) is 0 Å². The summed E-state index contributed by atoms with van der Waals surface area (Å²) in [5, 5.41) is 2.21. The van der Waals surface area contributed by atoms with Gasteiger partial charge in [0.2, 0.25) is 6.41 Å². The van der Waals surface area contributed by atoms with E-state index in [4.69, 9.17) is 5.73 Å². The lowest BCUT2D eigenvalue weighted by molar-refractivity contribution is -0.109. The van der Waals surface area contributed by atoms with Crippen LogP contribution in [0.4, 0.5) is 0 Å². The van der Waals surface area contributed by atoms with Gasteiger partial charge in [-0.15, -0.1) is 0 Å². The van der Waals surface area contributed by atoms with Gasteiger partial charge in [-0.25, -0.2) is 0 Å². The molecule has 0 aliphatic rings. The summed E-state index contributed by atoms with van der Waals surface area (Å²) in [6.07, 6.45) is 0.556. The fraction of sp³-hybridized carbons (Fsp3) is 0.500. The molecule has 0 heterocycles. The molecular formula is C2H6N2O. The van der Waals surface area contributed by atoms with Gasteiger partial charge in [0.15, 0.2) is 0 Å². The first-order valence-corrected chi connectivity index (χ1v) is 1.29. The van der Waals surface area contributed by atoms with Gasteiger partial charge in [-0.1, -0.05) is 0 Å². The van der Waals surface area contributed by atoms with Crippen molar-refractivity contribution in [3.63, 3.8) is 0 Å². The van der Waals surface area contributed by atoms with Crippen LogP contribution in [0.2, 0.25) is 0 Å². The molecule has 0 fully saturated rings. The van der Waals surface area contributed by atoms with Gasteiger partial charge < -0.3 is 11.1 Å². The van der Waals surface area contributed by atoms with E-state index in [2.05, 4.69) is 5.32 Å². The molecule has 0 spiro atoms. The van der Waals surface area contributed by atoms with Crippen LogP contribution in [0.25, 0.3) is 0 Å². The Morgan fingerprint density at radius 3 is 2.60 bits per heavy atom. The van der Waals surface area contributed by atoms with E-state index < -0.39 is 0 Å². The van der Waals surface area contributed by atoms with E-state index in [9.17, 15) is 4.79 Å². The highest BCUT2D eigenvalue weighted by Crippen LogP contribution is 1.21. The minimum atomic E-state index is 0.226. The van der Waals surface area contributed by atoms with Crippen LogP contribution in [0.1, 0.15) is 0 Å². The summed E-state index contributed by atoms with van der Waals surface area (Å²) in [6, 6.07) is 0. The Morgan fingerprint density at radius 2 is 2.60 bits per heavy atom. The zero-order chi connectivity index (χ0) is 4.12. The second kappa shape index (κ2) is 3.43. The summed E-state index contributed by atoms with van der Waals surface area (Å²) in [5.41, 5.74) is 4.80. The Labute approximate surface area is 30.2 Å². The predicted molar refractivity (Wildman–Crippen MR) is 18.3 cm³/mol. The third-order valence-electron chi connectivity index (χ3n) is 0.201. The van der Waals surface area contributed by atoms with Gasteiger partial charge in [0.05, 0.1) is 6.67 Å². The van der Waals surface area contributed by atoms with Gasteiger partial charge in [0.25, 0.3) is 0 Å². The largest absolute Gasteiger partial charge is 0.346 e. The van der Waals surface area contributed by atoms with Crippen LogP contribution in [0, 0.1) is 0 Å². The summed E-state index contributed by atoms with van der Waals surface area (Å²) in [4.78, 5) is 9.21. The maximum absolute atomic E-state index is 9.21. The van der Waals surface area contributed by atoms with Crippen LogP contribution >= 0.6 is 0 Å². The monoisotopic (exact) mass is 74.0 g/mol. The molecule has 0 aromatic rings. The van der Waals surface area contributed by atoms with Gasteiger partial charge in [-0.05, 0) is 0 Å². The van der Waals surface area contributed by atoms with E-state index in [1.165, 1.54) is 0 Å². The molecule has 0 saturated heterocycles. The standard InChI is InChI=1S/C2H6N2O/c3-1-4-2-5/h2H,1,3H2,(H,4,5). The van der Waals surface area contributed by atoms with E-state index in [1.807, 2.05) is 0 Å². The fourth-order valence-corrected chi connectivity index (χ4v) is 0.0481. The molecule has 0 bridgehead atoms. The van der Waals surface area contributed by atoms with Gasteiger partial charge in [0, 0.05) is 0 Å². The third-order valence-corrected chi connectivity index (χ3v) is 0.201. The number of hydrogen-bond donors (Lipinski definition) is 2. The topological polar surface area (TPSA) is 55.1 Å². The molecule has 3 nitrogen and oxygen atoms in total. The van der Waals surface area contributed by atoms with Gasteiger partial charge >= 0.3 is 0 Å². The normalized spacial score (nSPS) is 6.60. The summed E-state index contributed by atoms with van der Waals surface area (Å²) in [5.74, 6) is 0. The number of carbonyl (C=O) groups excluding carboxylic acids is 1. The molecule has 0 unspecified atom stereocenters. The summed E-state index contributed by atoms with van der Waals surface area (Å²) in [7, 11) is 0. The average Bonchev–Trinajstić information content (AvgIpc) is 1.41. The minimum Gasteiger partial charge on any atom is -0.346 e. The minimum absolute atomic E-state index is 0.226. The molecule has 5 heavy (non-hydrogen) atoms. The van der Waals surface area contributed by atoms with Gasteiger partial charge in [-0.2, -0.15) is 0 Å². The van der Waals surface area contributed by atoms with Crippen molar-refractivity contribution in [3.05, 3.63) is 0 Å². The number of nitrogens with two attached hydrogens (primary N) is 1. The van der Waals surface area contributed by atoms with E-state index in [-0.39, 0.29) is 6.67 Å². The Hall–Kier alpha value is -0.570. The second-order valence-corrected chi connectivity index (χ2v) is 0.526. The SMILES string of the molecule is NCNC=O. The van der Waals surface area contributed by atoms with Gasteiger partial charge in [0.1, 0.15) is 0 Å². The van der Waals surface area contributed by atoms with Crippen LogP contribution in [0.5, 0.6) is 0 Å². The van der Waals surface area contributed by atoms with Crippen molar-refractivity contribution in [1.29, 1.82) is 0 Å². The molecule has 0 aromatic heterocycles. The van der Waals surface area contributed by atoms with Crippen LogP contribution < -0.4 is 11.1 Å². The van der Waals surface area contributed by atoms with Crippen LogP contribution in [-0.2, 0) is 4.79 Å². The number of rotatable bonds is 2. The van der Waals surface area contributed by atoms with Crippen molar-refractivity contribution < 1.29 is 4.79 Å². The Morgan fingerprint density at radius 1 is 2.00 bits per heavy atom. The van der Waals surface area contributed by atoms with E-state index in [0.29, 0.717) is 6.41 Å². The van der Waals surface area contributed by atoms with Crippen LogP contribution in [0.15, 0.2) is 0 Å². The maximum atomic E-state index is 9.21. The highest BCUT2D eigenvalue weighted by Gasteiger charge is 1.58.